The van der Waals surface area contributed by atoms with E-state index in [0.717, 1.165) is 39.1 Å². The van der Waals surface area contributed by atoms with Gasteiger partial charge in [0, 0.05) is 36.3 Å². The highest BCUT2D eigenvalue weighted by molar-refractivity contribution is 6.34. The van der Waals surface area contributed by atoms with Crippen LogP contribution in [0, 0.1) is 0 Å². The predicted octanol–water partition coefficient (Wildman–Crippen LogP) is 3.40. The van der Waals surface area contributed by atoms with Gasteiger partial charge in [-0.3, -0.25) is 4.99 Å². The van der Waals surface area contributed by atoms with E-state index in [1.165, 1.54) is 0 Å². The first-order chi connectivity index (χ1) is 11.6. The Hall–Kier alpha value is -1.01. The van der Waals surface area contributed by atoms with Crippen LogP contribution in [0.4, 0.5) is 0 Å². The summed E-state index contributed by atoms with van der Waals surface area (Å²) in [7, 11) is 0. The topological polar surface area (TPSA) is 65.9 Å². The number of nitrogens with zero attached hydrogens (tertiary/aromatic N) is 1. The first-order valence-electron chi connectivity index (χ1n) is 8.30. The smallest absolute Gasteiger partial charge is 0.191 e. The molecular weight excluding hydrogens is 349 g/mol. The normalized spacial score (nSPS) is 13.0. The van der Waals surface area contributed by atoms with Gasteiger partial charge in [-0.25, -0.2) is 0 Å². The molecule has 1 aromatic carbocycles. The fraction of sp³-hybridized carbons (Fsp3) is 0.588. The number of aliphatic hydroxyl groups is 1. The van der Waals surface area contributed by atoms with Crippen molar-refractivity contribution in [3.8, 4) is 0 Å². The number of ether oxygens (including phenoxy) is 1. The summed E-state index contributed by atoms with van der Waals surface area (Å²) in [5.74, 6) is 0.682. The van der Waals surface area contributed by atoms with E-state index >= 15 is 0 Å². The van der Waals surface area contributed by atoms with Gasteiger partial charge in [-0.05, 0) is 50.5 Å². The Morgan fingerprint density at radius 1 is 1.17 bits per heavy atom. The van der Waals surface area contributed by atoms with Gasteiger partial charge in [0.15, 0.2) is 5.96 Å². The Morgan fingerprint density at radius 3 is 2.50 bits per heavy atom. The second kappa shape index (κ2) is 12.4. The summed E-state index contributed by atoms with van der Waals surface area (Å²) in [4.78, 5) is 4.41. The van der Waals surface area contributed by atoms with Crippen molar-refractivity contribution in [2.45, 2.75) is 32.8 Å². The fourth-order valence-electron chi connectivity index (χ4n) is 2.07. The molecule has 0 bridgehead atoms. The number of benzene rings is 1. The van der Waals surface area contributed by atoms with Crippen LogP contribution in [-0.2, 0) is 4.74 Å². The van der Waals surface area contributed by atoms with Crippen LogP contribution in [0.5, 0.6) is 0 Å². The molecular formula is C17H27Cl2N3O2. The Balaban J connectivity index is 2.48. The molecule has 1 rings (SSSR count). The van der Waals surface area contributed by atoms with Gasteiger partial charge in [-0.15, -0.1) is 0 Å². The highest BCUT2D eigenvalue weighted by Crippen LogP contribution is 2.23. The summed E-state index contributed by atoms with van der Waals surface area (Å²) in [6.07, 6.45) is 1.25. The van der Waals surface area contributed by atoms with E-state index < -0.39 is 6.10 Å². The molecule has 1 aromatic rings. The van der Waals surface area contributed by atoms with E-state index in [9.17, 15) is 5.11 Å². The number of hydrogen-bond acceptors (Lipinski definition) is 3. The lowest BCUT2D eigenvalue weighted by Gasteiger charge is -2.14. The maximum atomic E-state index is 10.3. The summed E-state index contributed by atoms with van der Waals surface area (Å²) in [6.45, 7) is 7.31. The molecule has 0 saturated carbocycles. The summed E-state index contributed by atoms with van der Waals surface area (Å²) < 4.78 is 5.31. The van der Waals surface area contributed by atoms with Crippen LogP contribution in [0.15, 0.2) is 23.2 Å². The van der Waals surface area contributed by atoms with Gasteiger partial charge >= 0.3 is 0 Å². The quantitative estimate of drug-likeness (QED) is 0.333. The molecule has 136 valence electrons. The largest absolute Gasteiger partial charge is 0.386 e. The third-order valence-electron chi connectivity index (χ3n) is 3.25. The molecule has 0 aromatic heterocycles. The van der Waals surface area contributed by atoms with E-state index in [1.54, 1.807) is 18.2 Å². The van der Waals surface area contributed by atoms with Crippen LogP contribution in [-0.4, -0.2) is 43.9 Å². The number of aliphatic imine (C=N–C) groups is 1. The Labute approximate surface area is 154 Å². The van der Waals surface area contributed by atoms with Crippen molar-refractivity contribution in [1.29, 1.82) is 0 Å². The van der Waals surface area contributed by atoms with Crippen molar-refractivity contribution >= 4 is 29.2 Å². The molecule has 1 atom stereocenters. The van der Waals surface area contributed by atoms with Crippen LogP contribution in [0.25, 0.3) is 0 Å². The van der Waals surface area contributed by atoms with Crippen molar-refractivity contribution in [3.63, 3.8) is 0 Å². The Kier molecular flexibility index (Phi) is 10.8. The van der Waals surface area contributed by atoms with Crippen molar-refractivity contribution in [1.82, 2.24) is 10.6 Å². The number of rotatable bonds is 10. The minimum Gasteiger partial charge on any atom is -0.386 e. The van der Waals surface area contributed by atoms with Crippen LogP contribution in [0.3, 0.4) is 0 Å². The van der Waals surface area contributed by atoms with Gasteiger partial charge < -0.3 is 20.5 Å². The third-order valence-corrected chi connectivity index (χ3v) is 3.68. The molecule has 0 saturated heterocycles. The molecule has 0 radical (unpaired) electrons. The zero-order chi connectivity index (χ0) is 17.8. The number of hydrogen-bond donors (Lipinski definition) is 3. The lowest BCUT2D eigenvalue weighted by Crippen LogP contribution is -2.38. The number of guanidine groups is 1. The van der Waals surface area contributed by atoms with E-state index in [2.05, 4.69) is 15.6 Å². The zero-order valence-corrected chi connectivity index (χ0v) is 15.8. The van der Waals surface area contributed by atoms with Crippen molar-refractivity contribution in [2.75, 3.05) is 32.8 Å². The molecule has 0 aliphatic rings. The molecule has 1 unspecified atom stereocenters. The molecule has 0 fully saturated rings. The molecule has 0 heterocycles. The standard InChI is InChI=1S/C17H27Cl2N3O2/c1-3-20-17(21-7-5-6-8-24-4-2)22-12-16(23)13-9-14(18)11-15(19)10-13/h9-11,16,23H,3-8,12H2,1-2H3,(H2,20,21,22). The lowest BCUT2D eigenvalue weighted by molar-refractivity contribution is 0.143. The number of nitrogens with one attached hydrogen (secondary N) is 2. The molecule has 0 aliphatic carbocycles. The van der Waals surface area contributed by atoms with Gasteiger partial charge in [0.2, 0.25) is 0 Å². The molecule has 0 spiro atoms. The van der Waals surface area contributed by atoms with Gasteiger partial charge in [-0.1, -0.05) is 23.2 Å². The third kappa shape index (κ3) is 8.73. The molecule has 7 heteroatoms. The number of unbranched alkanes of at least 4 members (excludes halogenated alkanes) is 1. The Morgan fingerprint density at radius 2 is 1.88 bits per heavy atom. The predicted molar refractivity (Wildman–Crippen MR) is 101 cm³/mol. The highest BCUT2D eigenvalue weighted by Gasteiger charge is 2.09. The van der Waals surface area contributed by atoms with Gasteiger partial charge in [0.05, 0.1) is 12.6 Å². The maximum absolute atomic E-state index is 10.3. The van der Waals surface area contributed by atoms with E-state index in [0.29, 0.717) is 21.6 Å². The lowest BCUT2D eigenvalue weighted by atomic mass is 10.1. The van der Waals surface area contributed by atoms with Gasteiger partial charge in [-0.2, -0.15) is 0 Å². The van der Waals surface area contributed by atoms with Crippen LogP contribution < -0.4 is 10.6 Å². The molecule has 5 nitrogen and oxygen atoms in total. The average molecular weight is 376 g/mol. The summed E-state index contributed by atoms with van der Waals surface area (Å²) >= 11 is 11.9. The van der Waals surface area contributed by atoms with Crippen LogP contribution >= 0.6 is 23.2 Å². The van der Waals surface area contributed by atoms with Crippen molar-refractivity contribution in [3.05, 3.63) is 33.8 Å². The second-order valence-corrected chi connectivity index (χ2v) is 6.14. The van der Waals surface area contributed by atoms with Gasteiger partial charge in [0.25, 0.3) is 0 Å². The SMILES string of the molecule is CCNC(=NCC(O)c1cc(Cl)cc(Cl)c1)NCCCCOCC. The molecule has 3 N–H and O–H groups in total. The zero-order valence-electron chi connectivity index (χ0n) is 14.3. The van der Waals surface area contributed by atoms with Crippen molar-refractivity contribution in [2.24, 2.45) is 4.99 Å². The number of aliphatic hydroxyl groups excluding tert-OH is 1. The Bertz CT molecular complexity index is 492. The number of halogens is 2. The van der Waals surface area contributed by atoms with Gasteiger partial charge in [0.1, 0.15) is 0 Å². The molecule has 0 aliphatic heterocycles. The van der Waals surface area contributed by atoms with Crippen LogP contribution in [0.2, 0.25) is 10.0 Å². The molecule has 0 amide bonds. The summed E-state index contributed by atoms with van der Waals surface area (Å²) in [5, 5.41) is 17.7. The highest BCUT2D eigenvalue weighted by atomic mass is 35.5. The fourth-order valence-corrected chi connectivity index (χ4v) is 2.62. The minimum atomic E-state index is -0.755. The maximum Gasteiger partial charge on any atom is 0.191 e. The minimum absolute atomic E-state index is 0.227. The summed E-state index contributed by atoms with van der Waals surface area (Å²) in [6, 6.07) is 5.03. The van der Waals surface area contributed by atoms with Crippen LogP contribution in [0.1, 0.15) is 38.4 Å². The van der Waals surface area contributed by atoms with E-state index in [4.69, 9.17) is 27.9 Å². The molecule has 24 heavy (non-hydrogen) atoms. The summed E-state index contributed by atoms with van der Waals surface area (Å²) in [5.41, 5.74) is 0.656. The monoisotopic (exact) mass is 375 g/mol. The first kappa shape index (κ1) is 21.0. The van der Waals surface area contributed by atoms with E-state index in [1.807, 2.05) is 13.8 Å². The van der Waals surface area contributed by atoms with Crippen molar-refractivity contribution < 1.29 is 9.84 Å². The van der Waals surface area contributed by atoms with E-state index in [-0.39, 0.29) is 6.54 Å². The second-order valence-electron chi connectivity index (χ2n) is 5.27. The first-order valence-corrected chi connectivity index (χ1v) is 9.06. The average Bonchev–Trinajstić information content (AvgIpc) is 2.54.